The Labute approximate surface area is 125 Å². The number of hydrogen-bond donors (Lipinski definition) is 2. The van der Waals surface area contributed by atoms with Gasteiger partial charge in [0.1, 0.15) is 5.75 Å². The summed E-state index contributed by atoms with van der Waals surface area (Å²) in [4.78, 5) is 24.6. The Bertz CT molecular complexity index is 926. The van der Waals surface area contributed by atoms with Gasteiger partial charge in [0.15, 0.2) is 0 Å². The van der Waals surface area contributed by atoms with E-state index in [4.69, 9.17) is 0 Å². The fourth-order valence-electron chi connectivity index (χ4n) is 2.42. The molecular formula is C16H15N3O3. The molecule has 0 atom stereocenters. The van der Waals surface area contributed by atoms with Crippen LogP contribution in [0.15, 0.2) is 52.1 Å². The zero-order valence-corrected chi connectivity index (χ0v) is 12.2. The Morgan fingerprint density at radius 1 is 0.955 bits per heavy atom. The molecule has 22 heavy (non-hydrogen) atoms. The van der Waals surface area contributed by atoms with Crippen molar-refractivity contribution >= 4 is 0 Å². The van der Waals surface area contributed by atoms with Crippen LogP contribution < -0.4 is 11.4 Å². The first kappa shape index (κ1) is 13.9. The van der Waals surface area contributed by atoms with Crippen molar-refractivity contribution in [2.24, 2.45) is 0 Å². The molecule has 0 radical (unpaired) electrons. The number of nitrogens with zero attached hydrogens (tertiary/aromatic N) is 2. The summed E-state index contributed by atoms with van der Waals surface area (Å²) in [6, 6.07) is 12.0. The van der Waals surface area contributed by atoms with E-state index in [1.807, 2.05) is 6.07 Å². The molecule has 6 heteroatoms. The maximum atomic E-state index is 12.5. The Morgan fingerprint density at radius 3 is 2.14 bits per heavy atom. The zero-order valence-electron chi connectivity index (χ0n) is 12.2. The minimum atomic E-state index is -0.514. The summed E-state index contributed by atoms with van der Waals surface area (Å²) in [5.74, 6) is 0.182. The first-order chi connectivity index (χ1) is 10.5. The van der Waals surface area contributed by atoms with Crippen LogP contribution in [0, 0.1) is 13.8 Å². The fraction of sp³-hybridized carbons (Fsp3) is 0.125. The largest absolute Gasteiger partial charge is 0.507 e. The maximum absolute atomic E-state index is 12.5. The number of hydrogen-bond acceptors (Lipinski definition) is 3. The van der Waals surface area contributed by atoms with Gasteiger partial charge < -0.3 is 5.11 Å². The summed E-state index contributed by atoms with van der Waals surface area (Å²) < 4.78 is 2.24. The lowest BCUT2D eigenvalue weighted by Gasteiger charge is -2.07. The molecule has 0 saturated heterocycles. The number of aryl methyl sites for hydroxylation is 2. The van der Waals surface area contributed by atoms with Crippen molar-refractivity contribution in [2.75, 3.05) is 0 Å². The van der Waals surface area contributed by atoms with E-state index in [0.29, 0.717) is 22.5 Å². The average molecular weight is 297 g/mol. The van der Waals surface area contributed by atoms with E-state index in [9.17, 15) is 14.7 Å². The van der Waals surface area contributed by atoms with Crippen LogP contribution in [0.1, 0.15) is 11.1 Å². The second-order valence-corrected chi connectivity index (χ2v) is 5.13. The maximum Gasteiger partial charge on any atom is 0.356 e. The monoisotopic (exact) mass is 297 g/mol. The molecule has 112 valence electrons. The van der Waals surface area contributed by atoms with Crippen molar-refractivity contribution in [1.29, 1.82) is 0 Å². The Morgan fingerprint density at radius 2 is 1.55 bits per heavy atom. The van der Waals surface area contributed by atoms with Gasteiger partial charge in [-0.1, -0.05) is 18.2 Å². The first-order valence-corrected chi connectivity index (χ1v) is 6.79. The van der Waals surface area contributed by atoms with Gasteiger partial charge in [0, 0.05) is 0 Å². The van der Waals surface area contributed by atoms with Crippen LogP contribution in [-0.4, -0.2) is 19.5 Å². The molecule has 1 heterocycles. The molecule has 0 aliphatic carbocycles. The van der Waals surface area contributed by atoms with Crippen LogP contribution in [-0.2, 0) is 0 Å². The van der Waals surface area contributed by atoms with Gasteiger partial charge in [0.2, 0.25) is 0 Å². The number of aromatic nitrogens is 3. The van der Waals surface area contributed by atoms with Gasteiger partial charge in [-0.15, -0.1) is 0 Å². The molecular weight excluding hydrogens is 282 g/mol. The molecule has 0 aliphatic rings. The second-order valence-electron chi connectivity index (χ2n) is 5.13. The summed E-state index contributed by atoms with van der Waals surface area (Å²) in [6.07, 6.45) is 0. The summed E-state index contributed by atoms with van der Waals surface area (Å²) in [6.45, 7) is 3.48. The van der Waals surface area contributed by atoms with Crippen molar-refractivity contribution < 1.29 is 5.11 Å². The van der Waals surface area contributed by atoms with Crippen molar-refractivity contribution in [3.8, 4) is 17.1 Å². The molecule has 2 N–H and O–H groups in total. The average Bonchev–Trinajstić information content (AvgIpc) is 2.80. The summed E-state index contributed by atoms with van der Waals surface area (Å²) in [5, 5.41) is 12.4. The molecule has 0 bridgehead atoms. The van der Waals surface area contributed by atoms with Gasteiger partial charge in [-0.05, 0) is 49.2 Å². The molecule has 3 aromatic rings. The number of para-hydroxylation sites is 1. The van der Waals surface area contributed by atoms with E-state index in [1.54, 1.807) is 50.2 Å². The number of nitrogens with one attached hydrogen (secondary N) is 1. The topological polar surface area (TPSA) is 80.0 Å². The van der Waals surface area contributed by atoms with E-state index in [1.165, 1.54) is 4.68 Å². The van der Waals surface area contributed by atoms with E-state index < -0.39 is 11.4 Å². The minimum absolute atomic E-state index is 0.182. The van der Waals surface area contributed by atoms with Crippen LogP contribution >= 0.6 is 0 Å². The highest BCUT2D eigenvalue weighted by molar-refractivity contribution is 5.48. The molecule has 0 saturated carbocycles. The fourth-order valence-corrected chi connectivity index (χ4v) is 2.42. The Balaban J connectivity index is 2.24. The van der Waals surface area contributed by atoms with Crippen molar-refractivity contribution in [3.63, 3.8) is 0 Å². The number of aromatic hydroxyl groups is 1. The number of aromatic amines is 1. The third kappa shape index (κ3) is 2.14. The predicted octanol–water partition coefficient (Wildman–Crippen LogP) is 1.64. The lowest BCUT2D eigenvalue weighted by molar-refractivity contribution is 0.466. The van der Waals surface area contributed by atoms with Crippen LogP contribution in [0.5, 0.6) is 5.75 Å². The molecule has 0 unspecified atom stereocenters. The second kappa shape index (κ2) is 5.07. The van der Waals surface area contributed by atoms with E-state index in [-0.39, 0.29) is 5.75 Å². The Kier molecular flexibility index (Phi) is 3.21. The van der Waals surface area contributed by atoms with E-state index in [2.05, 4.69) is 5.10 Å². The highest BCUT2D eigenvalue weighted by atomic mass is 16.3. The molecule has 3 rings (SSSR count). The molecule has 0 spiro atoms. The zero-order chi connectivity index (χ0) is 15.9. The smallest absolute Gasteiger partial charge is 0.356 e. The summed E-state index contributed by atoms with van der Waals surface area (Å²) >= 11 is 0. The molecule has 0 aliphatic heterocycles. The number of phenolic OH excluding ortho intramolecular Hbond substituents is 1. The van der Waals surface area contributed by atoms with Crippen LogP contribution in [0.2, 0.25) is 0 Å². The number of rotatable bonds is 2. The molecule has 0 amide bonds. The predicted molar refractivity (Wildman–Crippen MR) is 83.1 cm³/mol. The highest BCUT2D eigenvalue weighted by Crippen LogP contribution is 2.23. The van der Waals surface area contributed by atoms with Gasteiger partial charge >= 0.3 is 11.4 Å². The SMILES string of the molecule is Cc1cc(-n2[nH]c(=O)n(-c3ccccc3)c2=O)cc(C)c1O. The summed E-state index contributed by atoms with van der Waals surface area (Å²) in [5.41, 5.74) is 1.27. The van der Waals surface area contributed by atoms with Crippen LogP contribution in [0.4, 0.5) is 0 Å². The highest BCUT2D eigenvalue weighted by Gasteiger charge is 2.13. The Hall–Kier alpha value is -3.02. The van der Waals surface area contributed by atoms with Crippen molar-refractivity contribution in [2.45, 2.75) is 13.8 Å². The molecule has 1 aromatic heterocycles. The van der Waals surface area contributed by atoms with Gasteiger partial charge in [-0.2, -0.15) is 0 Å². The first-order valence-electron chi connectivity index (χ1n) is 6.79. The number of H-pyrrole nitrogens is 1. The molecule has 0 fully saturated rings. The van der Waals surface area contributed by atoms with Gasteiger partial charge in [-0.25, -0.2) is 23.9 Å². The van der Waals surface area contributed by atoms with Crippen molar-refractivity contribution in [1.82, 2.24) is 14.3 Å². The lowest BCUT2D eigenvalue weighted by Crippen LogP contribution is -2.26. The van der Waals surface area contributed by atoms with Gasteiger partial charge in [0.25, 0.3) is 0 Å². The van der Waals surface area contributed by atoms with Crippen molar-refractivity contribution in [3.05, 3.63) is 74.6 Å². The quantitative estimate of drug-likeness (QED) is 0.754. The third-order valence-electron chi connectivity index (χ3n) is 3.54. The number of benzene rings is 2. The van der Waals surface area contributed by atoms with Crippen LogP contribution in [0.3, 0.4) is 0 Å². The lowest BCUT2D eigenvalue weighted by atomic mass is 10.1. The number of phenols is 1. The van der Waals surface area contributed by atoms with Crippen LogP contribution in [0.25, 0.3) is 11.4 Å². The molecule has 6 nitrogen and oxygen atoms in total. The van der Waals surface area contributed by atoms with E-state index >= 15 is 0 Å². The third-order valence-corrected chi connectivity index (χ3v) is 3.54. The van der Waals surface area contributed by atoms with E-state index in [0.717, 1.165) is 4.57 Å². The molecule has 2 aromatic carbocycles. The van der Waals surface area contributed by atoms with Gasteiger partial charge in [0.05, 0.1) is 11.4 Å². The standard InChI is InChI=1S/C16H15N3O3/c1-10-8-13(9-11(2)14(10)20)19-16(22)18(15(21)17-19)12-6-4-3-5-7-12/h3-9,20H,1-2H3,(H,17,21). The normalized spacial score (nSPS) is 10.8. The summed E-state index contributed by atoms with van der Waals surface area (Å²) in [7, 11) is 0. The van der Waals surface area contributed by atoms with Gasteiger partial charge in [-0.3, -0.25) is 0 Å². The minimum Gasteiger partial charge on any atom is -0.507 e.